The first-order valence-electron chi connectivity index (χ1n) is 4.73. The Hall–Kier alpha value is -1.17. The van der Waals surface area contributed by atoms with Gasteiger partial charge in [0.2, 0.25) is 11.8 Å². The molecule has 1 aliphatic heterocycles. The Morgan fingerprint density at radius 3 is 2.60 bits per heavy atom. The first kappa shape index (κ1) is 11.9. The molecule has 1 heterocycles. The van der Waals surface area contributed by atoms with Crippen molar-refractivity contribution in [1.29, 1.82) is 0 Å². The molecule has 0 aromatic rings. The minimum absolute atomic E-state index is 0.0512. The summed E-state index contributed by atoms with van der Waals surface area (Å²) in [5.74, 6) is -0.162. The summed E-state index contributed by atoms with van der Waals surface area (Å²) in [6, 6.07) is 0. The van der Waals surface area contributed by atoms with Crippen molar-refractivity contribution in [3.05, 3.63) is 0 Å². The second-order valence-corrected chi connectivity index (χ2v) is 4.30. The van der Waals surface area contributed by atoms with E-state index in [1.807, 2.05) is 6.92 Å². The van der Waals surface area contributed by atoms with Gasteiger partial charge in [-0.05, 0) is 0 Å². The molecule has 84 valence electrons. The standard InChI is InChI=1S/C9H15N3O2S/c1-6(9(10)15)3-12-5-7(13)11(2)4-8(12)14/h6H,3-5H2,1-2H3,(H2,10,15). The number of carbonyl (C=O) groups is 2. The van der Waals surface area contributed by atoms with E-state index in [9.17, 15) is 9.59 Å². The zero-order valence-corrected chi connectivity index (χ0v) is 9.71. The molecule has 1 unspecified atom stereocenters. The Balaban J connectivity index is 2.59. The van der Waals surface area contributed by atoms with Crippen molar-refractivity contribution < 1.29 is 9.59 Å². The number of hydrogen-bond donors (Lipinski definition) is 1. The molecule has 0 bridgehead atoms. The Morgan fingerprint density at radius 1 is 1.47 bits per heavy atom. The second kappa shape index (κ2) is 4.57. The highest BCUT2D eigenvalue weighted by molar-refractivity contribution is 7.80. The van der Waals surface area contributed by atoms with Gasteiger partial charge in [0, 0.05) is 19.5 Å². The van der Waals surface area contributed by atoms with Crippen molar-refractivity contribution in [2.24, 2.45) is 11.7 Å². The number of carbonyl (C=O) groups excluding carboxylic acids is 2. The highest BCUT2D eigenvalue weighted by atomic mass is 32.1. The van der Waals surface area contributed by atoms with Crippen molar-refractivity contribution in [3.63, 3.8) is 0 Å². The average molecular weight is 229 g/mol. The van der Waals surface area contributed by atoms with Crippen LogP contribution in [0.4, 0.5) is 0 Å². The molecule has 1 rings (SSSR count). The van der Waals surface area contributed by atoms with E-state index in [1.54, 1.807) is 7.05 Å². The summed E-state index contributed by atoms with van der Waals surface area (Å²) in [4.78, 5) is 26.2. The largest absolute Gasteiger partial charge is 0.393 e. The molecule has 1 saturated heterocycles. The van der Waals surface area contributed by atoms with Crippen molar-refractivity contribution in [1.82, 2.24) is 9.80 Å². The molecule has 1 aliphatic rings. The van der Waals surface area contributed by atoms with Crippen molar-refractivity contribution >= 4 is 29.0 Å². The van der Waals surface area contributed by atoms with Gasteiger partial charge in [-0.1, -0.05) is 19.1 Å². The molecule has 1 fully saturated rings. The van der Waals surface area contributed by atoms with Gasteiger partial charge in [-0.25, -0.2) is 0 Å². The molecule has 0 saturated carbocycles. The van der Waals surface area contributed by atoms with Gasteiger partial charge < -0.3 is 15.5 Å². The molecular weight excluding hydrogens is 214 g/mol. The minimum Gasteiger partial charge on any atom is -0.393 e. The predicted octanol–water partition coefficient (Wildman–Crippen LogP) is -0.791. The molecule has 2 N–H and O–H groups in total. The van der Waals surface area contributed by atoms with E-state index in [4.69, 9.17) is 18.0 Å². The lowest BCUT2D eigenvalue weighted by atomic mass is 10.1. The lowest BCUT2D eigenvalue weighted by Gasteiger charge is -2.33. The smallest absolute Gasteiger partial charge is 0.242 e. The van der Waals surface area contributed by atoms with Crippen LogP contribution in [0.1, 0.15) is 6.92 Å². The van der Waals surface area contributed by atoms with Gasteiger partial charge >= 0.3 is 0 Å². The van der Waals surface area contributed by atoms with Gasteiger partial charge in [0.05, 0.1) is 18.1 Å². The summed E-state index contributed by atoms with van der Waals surface area (Å²) in [6.07, 6.45) is 0. The molecule has 0 aromatic carbocycles. The topological polar surface area (TPSA) is 66.6 Å². The first-order chi connectivity index (χ1) is 6.91. The number of thiocarbonyl (C=S) groups is 1. The fourth-order valence-corrected chi connectivity index (χ4v) is 1.42. The average Bonchev–Trinajstić information content (AvgIpc) is 2.13. The third-order valence-electron chi connectivity index (χ3n) is 2.46. The lowest BCUT2D eigenvalue weighted by Crippen LogP contribution is -2.53. The van der Waals surface area contributed by atoms with E-state index in [0.29, 0.717) is 11.5 Å². The van der Waals surface area contributed by atoms with Crippen LogP contribution in [0.3, 0.4) is 0 Å². The van der Waals surface area contributed by atoms with E-state index >= 15 is 0 Å². The van der Waals surface area contributed by atoms with E-state index in [-0.39, 0.29) is 30.8 Å². The molecule has 0 aromatic heterocycles. The molecule has 5 nitrogen and oxygen atoms in total. The van der Waals surface area contributed by atoms with Crippen LogP contribution < -0.4 is 5.73 Å². The fourth-order valence-electron chi connectivity index (χ4n) is 1.35. The van der Waals surface area contributed by atoms with Gasteiger partial charge in [0.1, 0.15) is 0 Å². The maximum atomic E-state index is 11.6. The van der Waals surface area contributed by atoms with Crippen LogP contribution in [-0.2, 0) is 9.59 Å². The molecule has 2 amide bonds. The monoisotopic (exact) mass is 229 g/mol. The van der Waals surface area contributed by atoms with Crippen LogP contribution in [0.25, 0.3) is 0 Å². The van der Waals surface area contributed by atoms with Crippen LogP contribution in [0.5, 0.6) is 0 Å². The Morgan fingerprint density at radius 2 is 2.07 bits per heavy atom. The third kappa shape index (κ3) is 2.89. The van der Waals surface area contributed by atoms with E-state index in [2.05, 4.69) is 0 Å². The molecule has 0 radical (unpaired) electrons. The number of amides is 2. The van der Waals surface area contributed by atoms with Crippen LogP contribution in [0, 0.1) is 5.92 Å². The van der Waals surface area contributed by atoms with Gasteiger partial charge in [0.25, 0.3) is 0 Å². The zero-order chi connectivity index (χ0) is 11.6. The Kier molecular flexibility index (Phi) is 3.62. The van der Waals surface area contributed by atoms with Crippen molar-refractivity contribution in [3.8, 4) is 0 Å². The molecule has 15 heavy (non-hydrogen) atoms. The normalized spacial score (nSPS) is 19.3. The van der Waals surface area contributed by atoms with Gasteiger partial charge in [-0.3, -0.25) is 9.59 Å². The Bertz CT molecular complexity index is 306. The van der Waals surface area contributed by atoms with Crippen molar-refractivity contribution in [2.45, 2.75) is 6.92 Å². The summed E-state index contributed by atoms with van der Waals surface area (Å²) in [7, 11) is 1.62. The van der Waals surface area contributed by atoms with E-state index in [0.717, 1.165) is 0 Å². The van der Waals surface area contributed by atoms with Crippen molar-refractivity contribution in [2.75, 3.05) is 26.7 Å². The summed E-state index contributed by atoms with van der Waals surface area (Å²) in [6.45, 7) is 2.54. The molecule has 0 aliphatic carbocycles. The predicted molar refractivity (Wildman–Crippen MR) is 60.2 cm³/mol. The van der Waals surface area contributed by atoms with Gasteiger partial charge in [-0.2, -0.15) is 0 Å². The minimum atomic E-state index is -0.0554. The van der Waals surface area contributed by atoms with E-state index in [1.165, 1.54) is 9.80 Å². The maximum absolute atomic E-state index is 11.6. The fraction of sp³-hybridized carbons (Fsp3) is 0.667. The molecule has 1 atom stereocenters. The molecule has 6 heteroatoms. The number of nitrogens with two attached hydrogens (primary N) is 1. The number of nitrogens with zero attached hydrogens (tertiary/aromatic N) is 2. The molecule has 0 spiro atoms. The van der Waals surface area contributed by atoms with Crippen LogP contribution in [-0.4, -0.2) is 53.3 Å². The molecular formula is C9H15N3O2S. The van der Waals surface area contributed by atoms with Crippen LogP contribution in [0.2, 0.25) is 0 Å². The lowest BCUT2D eigenvalue weighted by molar-refractivity contribution is -0.149. The SMILES string of the molecule is CC(CN1CC(=O)N(C)CC1=O)C(N)=S. The highest BCUT2D eigenvalue weighted by Crippen LogP contribution is 2.06. The number of likely N-dealkylation sites (N-methyl/N-ethyl adjacent to an activating group) is 1. The van der Waals surface area contributed by atoms with Crippen LogP contribution >= 0.6 is 12.2 Å². The Labute approximate surface area is 94.2 Å². The zero-order valence-electron chi connectivity index (χ0n) is 8.90. The summed E-state index contributed by atoms with van der Waals surface area (Å²) in [5.41, 5.74) is 5.46. The second-order valence-electron chi connectivity index (χ2n) is 3.83. The number of hydrogen-bond acceptors (Lipinski definition) is 3. The van der Waals surface area contributed by atoms with Crippen LogP contribution in [0.15, 0.2) is 0 Å². The first-order valence-corrected chi connectivity index (χ1v) is 5.13. The summed E-state index contributed by atoms with van der Waals surface area (Å²) < 4.78 is 0. The summed E-state index contributed by atoms with van der Waals surface area (Å²) >= 11 is 4.82. The quantitative estimate of drug-likeness (QED) is 0.644. The highest BCUT2D eigenvalue weighted by Gasteiger charge is 2.28. The van der Waals surface area contributed by atoms with Gasteiger partial charge in [0.15, 0.2) is 0 Å². The van der Waals surface area contributed by atoms with E-state index < -0.39 is 0 Å². The van der Waals surface area contributed by atoms with Gasteiger partial charge in [-0.15, -0.1) is 0 Å². The summed E-state index contributed by atoms with van der Waals surface area (Å²) in [5, 5.41) is 0. The third-order valence-corrected chi connectivity index (χ3v) is 2.86. The number of rotatable bonds is 3. The number of piperazine rings is 1. The maximum Gasteiger partial charge on any atom is 0.242 e.